The number of nitrogens with one attached hydrogen (secondary N) is 1. The van der Waals surface area contributed by atoms with E-state index in [1.807, 2.05) is 18.2 Å². The molecule has 0 fully saturated rings. The number of rotatable bonds is 4. The van der Waals surface area contributed by atoms with E-state index < -0.39 is 0 Å². The summed E-state index contributed by atoms with van der Waals surface area (Å²) in [6, 6.07) is 7.79. The summed E-state index contributed by atoms with van der Waals surface area (Å²) in [6.07, 6.45) is 2.07. The fourth-order valence-electron chi connectivity index (χ4n) is 1.12. The van der Waals surface area contributed by atoms with Crippen LogP contribution in [-0.4, -0.2) is 23.0 Å². The van der Waals surface area contributed by atoms with Crippen LogP contribution in [-0.2, 0) is 0 Å². The molecule has 14 heavy (non-hydrogen) atoms. The Morgan fingerprint density at radius 2 is 2.43 bits per heavy atom. The minimum atomic E-state index is 0.367. The quantitative estimate of drug-likeness (QED) is 0.821. The Hall–Kier alpha value is -1.21. The van der Waals surface area contributed by atoms with Gasteiger partial charge in [0.2, 0.25) is 0 Å². The first-order valence-corrected chi connectivity index (χ1v) is 5.78. The molecule has 0 aromatic carbocycles. The summed E-state index contributed by atoms with van der Waals surface area (Å²) >= 11 is 1.78. The molecule has 0 saturated carbocycles. The Morgan fingerprint density at radius 1 is 1.64 bits per heavy atom. The second-order valence-electron chi connectivity index (χ2n) is 3.02. The minimum Gasteiger partial charge on any atom is -0.367 e. The number of nitriles is 1. The Balaban J connectivity index is 2.63. The molecule has 3 nitrogen and oxygen atoms in total. The first kappa shape index (κ1) is 10.9. The van der Waals surface area contributed by atoms with Crippen molar-refractivity contribution in [3.05, 3.63) is 23.9 Å². The Kier molecular flexibility index (Phi) is 4.27. The van der Waals surface area contributed by atoms with Gasteiger partial charge >= 0.3 is 0 Å². The SMILES string of the molecule is CSCC(C)Nc1cccc(C#N)n1. The van der Waals surface area contributed by atoms with Crippen LogP contribution in [0.2, 0.25) is 0 Å². The lowest BCUT2D eigenvalue weighted by molar-refractivity contribution is 0.902. The maximum absolute atomic E-state index is 8.66. The molecular formula is C10H13N3S. The van der Waals surface area contributed by atoms with Crippen molar-refractivity contribution in [3.8, 4) is 6.07 Å². The van der Waals surface area contributed by atoms with Crippen LogP contribution in [0.1, 0.15) is 12.6 Å². The minimum absolute atomic E-state index is 0.367. The fraction of sp³-hybridized carbons (Fsp3) is 0.400. The van der Waals surface area contributed by atoms with Crippen molar-refractivity contribution in [3.63, 3.8) is 0 Å². The predicted molar refractivity (Wildman–Crippen MR) is 60.4 cm³/mol. The predicted octanol–water partition coefficient (Wildman–Crippen LogP) is 2.12. The molecule has 0 bridgehead atoms. The maximum Gasteiger partial charge on any atom is 0.142 e. The zero-order valence-corrected chi connectivity index (χ0v) is 9.14. The van der Waals surface area contributed by atoms with E-state index in [-0.39, 0.29) is 0 Å². The highest BCUT2D eigenvalue weighted by atomic mass is 32.2. The standard InChI is InChI=1S/C10H13N3S/c1-8(7-14-2)12-10-5-3-4-9(6-11)13-10/h3-5,8H,7H2,1-2H3,(H,12,13). The van der Waals surface area contributed by atoms with Crippen LogP contribution in [0.3, 0.4) is 0 Å². The lowest BCUT2D eigenvalue weighted by Gasteiger charge is -2.12. The third-order valence-corrected chi connectivity index (χ3v) is 2.51. The number of anilines is 1. The van der Waals surface area contributed by atoms with E-state index in [2.05, 4.69) is 23.5 Å². The van der Waals surface area contributed by atoms with Gasteiger partial charge in [-0.1, -0.05) is 6.07 Å². The zero-order chi connectivity index (χ0) is 10.4. The number of nitrogens with zero attached hydrogens (tertiary/aromatic N) is 2. The highest BCUT2D eigenvalue weighted by Crippen LogP contribution is 2.07. The number of aromatic nitrogens is 1. The first-order valence-electron chi connectivity index (χ1n) is 4.39. The molecule has 0 aliphatic rings. The van der Waals surface area contributed by atoms with Gasteiger partial charge in [-0.2, -0.15) is 17.0 Å². The Morgan fingerprint density at radius 3 is 3.07 bits per heavy atom. The third kappa shape index (κ3) is 3.27. The molecule has 1 N–H and O–H groups in total. The molecule has 1 unspecified atom stereocenters. The van der Waals surface area contributed by atoms with E-state index in [9.17, 15) is 0 Å². The zero-order valence-electron chi connectivity index (χ0n) is 8.32. The summed E-state index contributed by atoms with van der Waals surface area (Å²) in [5.41, 5.74) is 0.450. The third-order valence-electron chi connectivity index (χ3n) is 1.67. The lowest BCUT2D eigenvalue weighted by Crippen LogP contribution is -2.18. The number of hydrogen-bond donors (Lipinski definition) is 1. The van der Waals surface area contributed by atoms with Crippen molar-refractivity contribution in [1.82, 2.24) is 4.98 Å². The topological polar surface area (TPSA) is 48.7 Å². The second-order valence-corrected chi connectivity index (χ2v) is 3.93. The molecule has 0 saturated heterocycles. The molecule has 4 heteroatoms. The Bertz CT molecular complexity index is 332. The van der Waals surface area contributed by atoms with Gasteiger partial charge in [-0.15, -0.1) is 0 Å². The molecule has 74 valence electrons. The van der Waals surface area contributed by atoms with E-state index in [0.29, 0.717) is 11.7 Å². The van der Waals surface area contributed by atoms with Gasteiger partial charge in [-0.05, 0) is 25.3 Å². The summed E-state index contributed by atoms with van der Waals surface area (Å²) in [5, 5.41) is 11.9. The smallest absolute Gasteiger partial charge is 0.142 e. The highest BCUT2D eigenvalue weighted by Gasteiger charge is 2.01. The highest BCUT2D eigenvalue weighted by molar-refractivity contribution is 7.98. The average Bonchev–Trinajstić information content (AvgIpc) is 2.18. The van der Waals surface area contributed by atoms with Crippen LogP contribution in [0.15, 0.2) is 18.2 Å². The van der Waals surface area contributed by atoms with E-state index in [4.69, 9.17) is 5.26 Å². The van der Waals surface area contributed by atoms with Gasteiger partial charge in [0.1, 0.15) is 17.6 Å². The van der Waals surface area contributed by atoms with E-state index >= 15 is 0 Å². The first-order chi connectivity index (χ1) is 6.76. The van der Waals surface area contributed by atoms with Gasteiger partial charge in [0, 0.05) is 11.8 Å². The molecule has 0 radical (unpaired) electrons. The normalized spacial score (nSPS) is 11.8. The fourth-order valence-corrected chi connectivity index (χ4v) is 1.70. The van der Waals surface area contributed by atoms with E-state index in [1.165, 1.54) is 0 Å². The molecule has 1 aromatic rings. The average molecular weight is 207 g/mol. The summed E-state index contributed by atoms with van der Waals surface area (Å²) in [6.45, 7) is 2.09. The monoisotopic (exact) mass is 207 g/mol. The summed E-state index contributed by atoms with van der Waals surface area (Å²) in [4.78, 5) is 4.13. The van der Waals surface area contributed by atoms with Gasteiger partial charge in [0.05, 0.1) is 0 Å². The molecule has 1 heterocycles. The molecule has 0 spiro atoms. The van der Waals surface area contributed by atoms with E-state index in [0.717, 1.165) is 11.6 Å². The van der Waals surface area contributed by atoms with Crippen molar-refractivity contribution in [2.24, 2.45) is 0 Å². The maximum atomic E-state index is 8.66. The number of hydrogen-bond acceptors (Lipinski definition) is 4. The largest absolute Gasteiger partial charge is 0.367 e. The summed E-state index contributed by atoms with van der Waals surface area (Å²) in [7, 11) is 0. The van der Waals surface area contributed by atoms with Crippen LogP contribution >= 0.6 is 11.8 Å². The lowest BCUT2D eigenvalue weighted by atomic mass is 10.3. The van der Waals surface area contributed by atoms with Gasteiger partial charge < -0.3 is 5.32 Å². The van der Waals surface area contributed by atoms with E-state index in [1.54, 1.807) is 17.8 Å². The molecule has 1 aromatic heterocycles. The van der Waals surface area contributed by atoms with Crippen LogP contribution in [0, 0.1) is 11.3 Å². The van der Waals surface area contributed by atoms with Gasteiger partial charge in [-0.25, -0.2) is 4.98 Å². The molecule has 0 aliphatic heterocycles. The summed E-state index contributed by atoms with van der Waals surface area (Å²) < 4.78 is 0. The van der Waals surface area contributed by atoms with Crippen molar-refractivity contribution >= 4 is 17.6 Å². The summed E-state index contributed by atoms with van der Waals surface area (Å²) in [5.74, 6) is 1.80. The van der Waals surface area contributed by atoms with Crippen molar-refractivity contribution < 1.29 is 0 Å². The van der Waals surface area contributed by atoms with Crippen molar-refractivity contribution in [2.45, 2.75) is 13.0 Å². The van der Waals surface area contributed by atoms with Gasteiger partial charge in [0.15, 0.2) is 0 Å². The second kappa shape index (κ2) is 5.51. The van der Waals surface area contributed by atoms with Crippen LogP contribution < -0.4 is 5.32 Å². The Labute approximate surface area is 88.5 Å². The van der Waals surface area contributed by atoms with Crippen LogP contribution in [0.4, 0.5) is 5.82 Å². The number of thioether (sulfide) groups is 1. The molecule has 0 aliphatic carbocycles. The molecule has 1 atom stereocenters. The molecule has 0 amide bonds. The molecular weight excluding hydrogens is 194 g/mol. The van der Waals surface area contributed by atoms with Crippen molar-refractivity contribution in [2.75, 3.05) is 17.3 Å². The van der Waals surface area contributed by atoms with Crippen LogP contribution in [0.5, 0.6) is 0 Å². The van der Waals surface area contributed by atoms with Gasteiger partial charge in [0.25, 0.3) is 0 Å². The van der Waals surface area contributed by atoms with Gasteiger partial charge in [-0.3, -0.25) is 0 Å². The van der Waals surface area contributed by atoms with Crippen molar-refractivity contribution in [1.29, 1.82) is 5.26 Å². The molecule has 1 rings (SSSR count). The van der Waals surface area contributed by atoms with Crippen LogP contribution in [0.25, 0.3) is 0 Å². The number of pyridine rings is 1.